The normalized spacial score (nSPS) is 23.1. The van der Waals surface area contributed by atoms with Crippen molar-refractivity contribution in [2.24, 2.45) is 10.8 Å². The third kappa shape index (κ3) is 5.35. The maximum atomic E-state index is 2.62. The molecule has 2 aliphatic carbocycles. The average Bonchev–Trinajstić information content (AvgIpc) is 2.92. The van der Waals surface area contributed by atoms with Gasteiger partial charge in [-0.15, -0.1) is 0 Å². The van der Waals surface area contributed by atoms with Gasteiger partial charge in [-0.3, -0.25) is 0 Å². The molecule has 0 amide bonds. The summed E-state index contributed by atoms with van der Waals surface area (Å²) in [6, 6.07) is 0. The summed E-state index contributed by atoms with van der Waals surface area (Å²) in [5.74, 6) is 1.18. The number of rotatable bonds is 4. The molecule has 0 aromatic carbocycles. The monoisotopic (exact) mass is 491 g/mol. The molecule has 0 aromatic heterocycles. The average molecular weight is 492 g/mol. The minimum atomic E-state index is -1.72. The van der Waals surface area contributed by atoms with Crippen LogP contribution in [0.1, 0.15) is 61.3 Å². The second-order valence-corrected chi connectivity index (χ2v) is 17.8. The first-order valence-corrected chi connectivity index (χ1v) is 14.7. The van der Waals surface area contributed by atoms with Crippen LogP contribution in [0.5, 0.6) is 0 Å². The van der Waals surface area contributed by atoms with Crippen LogP contribution in [0, 0.1) is 10.8 Å². The van der Waals surface area contributed by atoms with E-state index in [1.165, 1.54) is 17.7 Å². The summed E-state index contributed by atoms with van der Waals surface area (Å²) in [6.07, 6.45) is 12.3. The van der Waals surface area contributed by atoms with Crippen LogP contribution in [0.3, 0.4) is 0 Å². The smallest absolute Gasteiger partial charge is 1.00 e. The second kappa shape index (κ2) is 9.96. The van der Waals surface area contributed by atoms with Gasteiger partial charge in [0, 0.05) is 0 Å². The molecule has 157 valence electrons. The van der Waals surface area contributed by atoms with E-state index in [0.717, 1.165) is 6.42 Å². The van der Waals surface area contributed by atoms with Gasteiger partial charge in [0.2, 0.25) is 0 Å². The number of allylic oxidation sites excluding steroid dienone is 7. The van der Waals surface area contributed by atoms with Crippen molar-refractivity contribution < 1.29 is 45.2 Å². The molecule has 0 heterocycles. The van der Waals surface area contributed by atoms with Crippen LogP contribution in [0.15, 0.2) is 44.5 Å². The standard InChI is InChI=1S/C23H37SSi.2ClH.Ti/c1-10-24-23(25(8,9)19-13-11-12-14-19)16-15-18(21(2,3)4)17-20(23)22(5,6)7;;;/h11,13,15,17H,10,12,16H2,1-9H3;2*1H;/q;;;+2/p-2. The van der Waals surface area contributed by atoms with Crippen LogP contribution < -0.4 is 24.8 Å². The Balaban J connectivity index is 0.00000364. The van der Waals surface area contributed by atoms with E-state index in [1.807, 2.05) is 0 Å². The Morgan fingerprint density at radius 1 is 1.07 bits per heavy atom. The molecule has 0 fully saturated rings. The van der Waals surface area contributed by atoms with Crippen molar-refractivity contribution in [3.8, 4) is 0 Å². The SMILES string of the molecule is CCSC1([Si](C)(C)C2=[C]([Ti+2])CC=C2)CC=C(C(C)(C)C)C=C1C(C)(C)C.[Cl-].[Cl-]. The Morgan fingerprint density at radius 3 is 2.04 bits per heavy atom. The Kier molecular flexibility index (Phi) is 10.3. The van der Waals surface area contributed by atoms with Crippen molar-refractivity contribution in [2.45, 2.75) is 78.8 Å². The van der Waals surface area contributed by atoms with Crippen molar-refractivity contribution in [2.75, 3.05) is 5.75 Å². The fourth-order valence-electron chi connectivity index (χ4n) is 4.50. The molecule has 0 N–H and O–H groups in total. The third-order valence-electron chi connectivity index (χ3n) is 6.02. The zero-order valence-corrected chi connectivity index (χ0v) is 24.0. The van der Waals surface area contributed by atoms with E-state index in [-0.39, 0.29) is 40.0 Å². The Hall–Kier alpha value is 0.821. The molecular weight excluding hydrogens is 455 g/mol. The zero-order chi connectivity index (χ0) is 20.0. The topological polar surface area (TPSA) is 0 Å². The largest absolute Gasteiger partial charge is 1.00 e. The van der Waals surface area contributed by atoms with Crippen molar-refractivity contribution in [1.29, 1.82) is 0 Å². The van der Waals surface area contributed by atoms with Crippen molar-refractivity contribution in [3.63, 3.8) is 0 Å². The van der Waals surface area contributed by atoms with E-state index >= 15 is 0 Å². The van der Waals surface area contributed by atoms with E-state index in [2.05, 4.69) is 118 Å². The van der Waals surface area contributed by atoms with Gasteiger partial charge in [0.25, 0.3) is 0 Å². The van der Waals surface area contributed by atoms with Gasteiger partial charge >= 0.3 is 180 Å². The second-order valence-electron chi connectivity index (χ2n) is 10.3. The zero-order valence-electron chi connectivity index (χ0n) is 19.1. The fourth-order valence-corrected chi connectivity index (χ4v) is 13.3. The summed E-state index contributed by atoms with van der Waals surface area (Å²) in [5.41, 5.74) is 3.61. The number of hydrogen-bond acceptors (Lipinski definition) is 1. The molecule has 0 saturated carbocycles. The van der Waals surface area contributed by atoms with E-state index in [0.29, 0.717) is 0 Å². The van der Waals surface area contributed by atoms with Crippen molar-refractivity contribution >= 4 is 19.8 Å². The van der Waals surface area contributed by atoms with Gasteiger partial charge in [0.05, 0.1) is 0 Å². The minimum Gasteiger partial charge on any atom is -1.00 e. The molecule has 28 heavy (non-hydrogen) atoms. The van der Waals surface area contributed by atoms with Crippen LogP contribution in [0.4, 0.5) is 0 Å². The molecule has 0 radical (unpaired) electrons. The summed E-state index contributed by atoms with van der Waals surface area (Å²) < 4.78 is 1.86. The molecule has 0 spiro atoms. The summed E-state index contributed by atoms with van der Waals surface area (Å²) in [4.78, 5) is 0. The predicted molar refractivity (Wildman–Crippen MR) is 119 cm³/mol. The number of thioether (sulfide) groups is 1. The Bertz CT molecular complexity index is 690. The van der Waals surface area contributed by atoms with Gasteiger partial charge in [-0.1, -0.05) is 0 Å². The first-order valence-electron chi connectivity index (χ1n) is 9.96. The van der Waals surface area contributed by atoms with Crippen molar-refractivity contribution in [3.05, 3.63) is 44.5 Å². The summed E-state index contributed by atoms with van der Waals surface area (Å²) in [7, 11) is -1.72. The quantitative estimate of drug-likeness (QED) is 0.535. The Labute approximate surface area is 203 Å². The molecule has 0 nitrogen and oxygen atoms in total. The molecule has 2 aliphatic rings. The van der Waals surface area contributed by atoms with E-state index in [4.69, 9.17) is 0 Å². The number of halogens is 2. The van der Waals surface area contributed by atoms with Gasteiger partial charge in [-0.25, -0.2) is 0 Å². The van der Waals surface area contributed by atoms with Gasteiger partial charge in [-0.05, 0) is 0 Å². The molecule has 1 atom stereocenters. The molecule has 1 unspecified atom stereocenters. The maximum Gasteiger partial charge on any atom is -1.00 e. The van der Waals surface area contributed by atoms with E-state index < -0.39 is 8.07 Å². The molecular formula is C23H37Cl2SSiTi. The van der Waals surface area contributed by atoms with E-state index in [1.54, 1.807) is 14.6 Å². The summed E-state index contributed by atoms with van der Waals surface area (Å²) in [5, 5.41) is 1.70. The molecule has 5 heteroatoms. The van der Waals surface area contributed by atoms with Crippen LogP contribution in [0.25, 0.3) is 0 Å². The number of hydrogen-bond donors (Lipinski definition) is 0. The van der Waals surface area contributed by atoms with Gasteiger partial charge in [0.15, 0.2) is 0 Å². The van der Waals surface area contributed by atoms with Gasteiger partial charge < -0.3 is 24.8 Å². The Morgan fingerprint density at radius 2 is 1.64 bits per heavy atom. The van der Waals surface area contributed by atoms with Gasteiger partial charge in [0.1, 0.15) is 0 Å². The fraction of sp³-hybridized carbons (Fsp3) is 0.652. The van der Waals surface area contributed by atoms with Crippen LogP contribution in [-0.2, 0) is 20.4 Å². The first kappa shape index (κ1) is 28.8. The first-order chi connectivity index (χ1) is 11.8. The minimum absolute atomic E-state index is 0. The van der Waals surface area contributed by atoms with Crippen LogP contribution in [-0.4, -0.2) is 18.2 Å². The molecule has 0 aromatic rings. The van der Waals surface area contributed by atoms with E-state index in [9.17, 15) is 0 Å². The molecule has 0 bridgehead atoms. The molecule has 0 aliphatic heterocycles. The van der Waals surface area contributed by atoms with Crippen molar-refractivity contribution in [1.82, 2.24) is 0 Å². The van der Waals surface area contributed by atoms with Gasteiger partial charge in [-0.2, -0.15) is 0 Å². The predicted octanol–water partition coefficient (Wildman–Crippen LogP) is 1.38. The van der Waals surface area contributed by atoms with Crippen LogP contribution in [0.2, 0.25) is 13.1 Å². The third-order valence-corrected chi connectivity index (χ3v) is 14.6. The van der Waals surface area contributed by atoms with Crippen LogP contribution >= 0.6 is 11.8 Å². The summed E-state index contributed by atoms with van der Waals surface area (Å²) >= 11 is 4.58. The summed E-state index contributed by atoms with van der Waals surface area (Å²) in [6.45, 7) is 21.9. The maximum absolute atomic E-state index is 2.62. The molecule has 0 saturated heterocycles. The molecule has 2 rings (SSSR count).